The lowest BCUT2D eigenvalue weighted by molar-refractivity contribution is -0.121. The summed E-state index contributed by atoms with van der Waals surface area (Å²) in [5.74, 6) is -0.468. The maximum absolute atomic E-state index is 13.4. The average Bonchev–Trinajstić information content (AvgIpc) is 2.31. The number of amides is 1. The molecule has 0 radical (unpaired) electrons. The predicted octanol–water partition coefficient (Wildman–Crippen LogP) is 1.03. The summed E-state index contributed by atoms with van der Waals surface area (Å²) >= 11 is 4.79. The molecule has 0 fully saturated rings. The number of carbonyl (C=O) groups excluding carboxylic acids is 1. The summed E-state index contributed by atoms with van der Waals surface area (Å²) in [6.07, 6.45) is 0. The molecule has 1 aromatic rings. The van der Waals surface area contributed by atoms with Gasteiger partial charge in [-0.05, 0) is 31.7 Å². The van der Waals surface area contributed by atoms with E-state index in [1.54, 1.807) is 12.1 Å². The van der Waals surface area contributed by atoms with Crippen LogP contribution < -0.4 is 11.1 Å². The molecule has 6 heteroatoms. The monoisotopic (exact) mass is 283 g/mol. The summed E-state index contributed by atoms with van der Waals surface area (Å²) < 4.78 is 13.4. The highest BCUT2D eigenvalue weighted by molar-refractivity contribution is 7.80. The van der Waals surface area contributed by atoms with Crippen molar-refractivity contribution >= 4 is 23.1 Å². The number of benzene rings is 1. The molecule has 1 aromatic carbocycles. The molecule has 3 N–H and O–H groups in total. The number of carbonyl (C=O) groups is 1. The van der Waals surface area contributed by atoms with Crippen molar-refractivity contribution < 1.29 is 9.18 Å². The van der Waals surface area contributed by atoms with Gasteiger partial charge in [0.25, 0.3) is 0 Å². The van der Waals surface area contributed by atoms with Crippen molar-refractivity contribution in [3.63, 3.8) is 0 Å². The van der Waals surface area contributed by atoms with E-state index in [0.717, 1.165) is 5.56 Å². The largest absolute Gasteiger partial charge is 0.389 e. The second-order valence-corrected chi connectivity index (χ2v) is 4.74. The normalized spacial score (nSPS) is 10.5. The Balaban J connectivity index is 2.69. The second-order valence-electron chi connectivity index (χ2n) is 4.30. The molecule has 0 heterocycles. The van der Waals surface area contributed by atoms with E-state index in [2.05, 4.69) is 5.32 Å². The van der Waals surface area contributed by atoms with Crippen LogP contribution in [0.25, 0.3) is 0 Å². The van der Waals surface area contributed by atoms with Crippen LogP contribution in [0.3, 0.4) is 0 Å². The van der Waals surface area contributed by atoms with Crippen molar-refractivity contribution in [2.75, 3.05) is 20.1 Å². The quantitative estimate of drug-likeness (QED) is 0.766. The minimum Gasteiger partial charge on any atom is -0.389 e. The lowest BCUT2D eigenvalue weighted by Crippen LogP contribution is -2.34. The van der Waals surface area contributed by atoms with Gasteiger partial charge in [0, 0.05) is 18.7 Å². The van der Waals surface area contributed by atoms with Crippen LogP contribution >= 0.6 is 12.2 Å². The van der Waals surface area contributed by atoms with Crippen molar-refractivity contribution in [2.45, 2.75) is 13.5 Å². The fourth-order valence-electron chi connectivity index (χ4n) is 1.73. The molecule has 104 valence electrons. The molecule has 0 spiro atoms. The fourth-order valence-corrected chi connectivity index (χ4v) is 1.88. The van der Waals surface area contributed by atoms with Gasteiger partial charge in [0.05, 0.1) is 6.54 Å². The summed E-state index contributed by atoms with van der Waals surface area (Å²) in [7, 11) is 1.82. The Bertz CT molecular complexity index is 479. The summed E-state index contributed by atoms with van der Waals surface area (Å²) in [6.45, 7) is 3.28. The molecule has 0 saturated carbocycles. The topological polar surface area (TPSA) is 58.4 Å². The second kappa shape index (κ2) is 7.16. The van der Waals surface area contributed by atoms with Crippen LogP contribution in [0.2, 0.25) is 0 Å². The standard InChI is InChI=1S/C13H18FN3OS/c1-3-16-12(18)8-17(2)7-9-4-5-11(14)10(6-9)13(15)19/h4-6H,3,7-8H2,1-2H3,(H2,15,19)(H,16,18). The van der Waals surface area contributed by atoms with Crippen molar-refractivity contribution in [3.05, 3.63) is 35.1 Å². The number of hydrogen-bond donors (Lipinski definition) is 2. The molecule has 4 nitrogen and oxygen atoms in total. The molecular formula is C13H18FN3OS. The van der Waals surface area contributed by atoms with Crippen LogP contribution in [-0.2, 0) is 11.3 Å². The maximum atomic E-state index is 13.4. The van der Waals surface area contributed by atoms with Crippen molar-refractivity contribution in [1.82, 2.24) is 10.2 Å². The van der Waals surface area contributed by atoms with Crippen LogP contribution in [0.15, 0.2) is 18.2 Å². The number of thiocarbonyl (C=S) groups is 1. The van der Waals surface area contributed by atoms with E-state index < -0.39 is 5.82 Å². The highest BCUT2D eigenvalue weighted by Gasteiger charge is 2.09. The number of nitrogens with one attached hydrogen (secondary N) is 1. The van der Waals surface area contributed by atoms with Crippen LogP contribution in [0.5, 0.6) is 0 Å². The Kier molecular flexibility index (Phi) is 5.85. The van der Waals surface area contributed by atoms with E-state index in [9.17, 15) is 9.18 Å². The van der Waals surface area contributed by atoms with Gasteiger partial charge in [-0.1, -0.05) is 18.3 Å². The van der Waals surface area contributed by atoms with Crippen molar-refractivity contribution in [3.8, 4) is 0 Å². The van der Waals surface area contributed by atoms with Gasteiger partial charge in [0.15, 0.2) is 0 Å². The van der Waals surface area contributed by atoms with E-state index in [4.69, 9.17) is 18.0 Å². The lowest BCUT2D eigenvalue weighted by atomic mass is 10.1. The maximum Gasteiger partial charge on any atom is 0.234 e. The third kappa shape index (κ3) is 4.92. The zero-order valence-corrected chi connectivity index (χ0v) is 11.9. The zero-order chi connectivity index (χ0) is 14.4. The summed E-state index contributed by atoms with van der Waals surface area (Å²) in [5, 5.41) is 2.72. The number of nitrogens with zero attached hydrogens (tertiary/aromatic N) is 1. The lowest BCUT2D eigenvalue weighted by Gasteiger charge is -2.16. The van der Waals surface area contributed by atoms with Gasteiger partial charge in [-0.2, -0.15) is 0 Å². The van der Waals surface area contributed by atoms with Gasteiger partial charge in [-0.15, -0.1) is 0 Å². The third-order valence-corrected chi connectivity index (χ3v) is 2.76. The number of hydrogen-bond acceptors (Lipinski definition) is 3. The summed E-state index contributed by atoms with van der Waals surface area (Å²) in [5.41, 5.74) is 6.54. The first-order chi connectivity index (χ1) is 8.93. The van der Waals surface area contributed by atoms with E-state index in [1.807, 2.05) is 18.9 Å². The molecule has 0 aliphatic carbocycles. The molecule has 0 atom stereocenters. The minimum atomic E-state index is -0.428. The molecule has 0 unspecified atom stereocenters. The predicted molar refractivity (Wildman–Crippen MR) is 77.3 cm³/mol. The Hall–Kier alpha value is -1.53. The van der Waals surface area contributed by atoms with Crippen molar-refractivity contribution in [2.24, 2.45) is 5.73 Å². The highest BCUT2D eigenvalue weighted by Crippen LogP contribution is 2.12. The van der Waals surface area contributed by atoms with Crippen LogP contribution in [0.1, 0.15) is 18.1 Å². The number of rotatable bonds is 6. The van der Waals surface area contributed by atoms with Crippen LogP contribution in [-0.4, -0.2) is 35.9 Å². The molecule has 1 amide bonds. The van der Waals surface area contributed by atoms with Gasteiger partial charge in [-0.3, -0.25) is 9.69 Å². The average molecular weight is 283 g/mol. The van der Waals surface area contributed by atoms with Gasteiger partial charge >= 0.3 is 0 Å². The first kappa shape index (κ1) is 15.5. The Labute approximate surface area is 117 Å². The first-order valence-corrected chi connectivity index (χ1v) is 6.38. The summed E-state index contributed by atoms with van der Waals surface area (Å²) in [6, 6.07) is 4.61. The minimum absolute atomic E-state index is 0.0331. The molecule has 0 aliphatic heterocycles. The molecule has 0 bridgehead atoms. The third-order valence-electron chi connectivity index (χ3n) is 2.54. The number of halogens is 1. The molecule has 0 aliphatic rings. The summed E-state index contributed by atoms with van der Waals surface area (Å²) in [4.78, 5) is 13.3. The smallest absolute Gasteiger partial charge is 0.234 e. The van der Waals surface area contributed by atoms with Crippen LogP contribution in [0, 0.1) is 5.82 Å². The number of likely N-dealkylation sites (N-methyl/N-ethyl adjacent to an activating group) is 2. The zero-order valence-electron chi connectivity index (χ0n) is 11.1. The van der Waals surface area contributed by atoms with Gasteiger partial charge in [-0.25, -0.2) is 4.39 Å². The Morgan fingerprint density at radius 3 is 2.79 bits per heavy atom. The van der Waals surface area contributed by atoms with E-state index in [-0.39, 0.29) is 23.0 Å². The molecule has 0 aromatic heterocycles. The molecule has 1 rings (SSSR count). The highest BCUT2D eigenvalue weighted by atomic mass is 32.1. The van der Waals surface area contributed by atoms with E-state index in [1.165, 1.54) is 6.07 Å². The SMILES string of the molecule is CCNC(=O)CN(C)Cc1ccc(F)c(C(N)=S)c1. The molecule has 0 saturated heterocycles. The van der Waals surface area contributed by atoms with E-state index >= 15 is 0 Å². The molecular weight excluding hydrogens is 265 g/mol. The Morgan fingerprint density at radius 2 is 2.21 bits per heavy atom. The van der Waals surface area contributed by atoms with E-state index in [0.29, 0.717) is 13.1 Å². The number of nitrogens with two attached hydrogens (primary N) is 1. The molecule has 19 heavy (non-hydrogen) atoms. The van der Waals surface area contributed by atoms with Gasteiger partial charge in [0.1, 0.15) is 10.8 Å². The fraction of sp³-hybridized carbons (Fsp3) is 0.385. The Morgan fingerprint density at radius 1 is 1.53 bits per heavy atom. The van der Waals surface area contributed by atoms with Crippen LogP contribution in [0.4, 0.5) is 4.39 Å². The van der Waals surface area contributed by atoms with Crippen molar-refractivity contribution in [1.29, 1.82) is 0 Å². The van der Waals surface area contributed by atoms with Gasteiger partial charge in [0.2, 0.25) is 5.91 Å². The first-order valence-electron chi connectivity index (χ1n) is 5.97. The van der Waals surface area contributed by atoms with Gasteiger partial charge < -0.3 is 11.1 Å².